The van der Waals surface area contributed by atoms with Gasteiger partial charge in [0.05, 0.1) is 12.0 Å². The van der Waals surface area contributed by atoms with E-state index in [1.54, 1.807) is 18.3 Å². The zero-order valence-electron chi connectivity index (χ0n) is 23.9. The molecule has 0 bridgehead atoms. The second-order valence-corrected chi connectivity index (χ2v) is 12.2. The Hall–Kier alpha value is -3.11. The summed E-state index contributed by atoms with van der Waals surface area (Å²) < 4.78 is 31.0. The molecule has 0 radical (unpaired) electrons. The number of nitrogens with zero attached hydrogens (tertiary/aromatic N) is 1. The number of aromatic nitrogens is 1. The molecule has 10 nitrogen and oxygen atoms in total. The summed E-state index contributed by atoms with van der Waals surface area (Å²) in [5.41, 5.74) is -1.68. The van der Waals surface area contributed by atoms with E-state index in [1.165, 1.54) is 20.0 Å². The lowest BCUT2D eigenvalue weighted by Gasteiger charge is -2.69. The van der Waals surface area contributed by atoms with Gasteiger partial charge in [0, 0.05) is 55.8 Å². The van der Waals surface area contributed by atoms with Gasteiger partial charge >= 0.3 is 17.9 Å². The van der Waals surface area contributed by atoms with Crippen molar-refractivity contribution in [1.29, 1.82) is 0 Å². The Morgan fingerprint density at radius 1 is 1.02 bits per heavy atom. The third kappa shape index (κ3) is 4.27. The van der Waals surface area contributed by atoms with Gasteiger partial charge in [0.15, 0.2) is 23.8 Å². The first-order valence-corrected chi connectivity index (χ1v) is 13.7. The highest BCUT2D eigenvalue weighted by atomic mass is 16.7. The molecule has 5 rings (SSSR count). The average molecular weight is 556 g/mol. The second-order valence-electron chi connectivity index (χ2n) is 12.2. The van der Waals surface area contributed by atoms with Gasteiger partial charge in [-0.1, -0.05) is 25.5 Å². The van der Waals surface area contributed by atoms with Crippen molar-refractivity contribution in [3.05, 3.63) is 41.7 Å². The highest BCUT2D eigenvalue weighted by Crippen LogP contribution is 2.68. The summed E-state index contributed by atoms with van der Waals surface area (Å²) in [4.78, 5) is 54.8. The molecule has 1 aromatic rings. The van der Waals surface area contributed by atoms with E-state index in [9.17, 15) is 19.2 Å². The molecule has 1 aromatic heterocycles. The summed E-state index contributed by atoms with van der Waals surface area (Å²) in [7, 11) is 0. The van der Waals surface area contributed by atoms with Crippen molar-refractivity contribution in [3.63, 3.8) is 0 Å². The molecular weight excluding hydrogens is 518 g/mol. The van der Waals surface area contributed by atoms with E-state index in [0.717, 1.165) is 5.57 Å². The molecule has 4 aliphatic rings. The van der Waals surface area contributed by atoms with Crippen molar-refractivity contribution in [2.24, 2.45) is 16.7 Å². The largest absolute Gasteiger partial charge is 0.458 e. The van der Waals surface area contributed by atoms with Crippen LogP contribution >= 0.6 is 0 Å². The first-order valence-electron chi connectivity index (χ1n) is 13.7. The quantitative estimate of drug-likeness (QED) is 0.308. The topological polar surface area (TPSA) is 127 Å². The van der Waals surface area contributed by atoms with Crippen LogP contribution in [0, 0.1) is 16.7 Å². The predicted molar refractivity (Wildman–Crippen MR) is 140 cm³/mol. The Bertz CT molecular complexity index is 1260. The smallest absolute Gasteiger partial charge is 0.339 e. The maximum Gasteiger partial charge on any atom is 0.339 e. The summed E-state index contributed by atoms with van der Waals surface area (Å²) in [6, 6.07) is 3.31. The molecule has 1 spiro atoms. The monoisotopic (exact) mass is 555 g/mol. The summed E-state index contributed by atoms with van der Waals surface area (Å²) in [5, 5.41) is 0. The van der Waals surface area contributed by atoms with Crippen molar-refractivity contribution in [2.75, 3.05) is 6.61 Å². The van der Waals surface area contributed by atoms with E-state index in [0.29, 0.717) is 24.8 Å². The Morgan fingerprint density at radius 2 is 1.73 bits per heavy atom. The van der Waals surface area contributed by atoms with Crippen LogP contribution in [0.15, 0.2) is 36.2 Å². The lowest BCUT2D eigenvalue weighted by molar-refractivity contribution is -0.389. The number of hydrogen-bond acceptors (Lipinski definition) is 10. The number of rotatable bonds is 4. The van der Waals surface area contributed by atoms with E-state index < -0.39 is 64.4 Å². The van der Waals surface area contributed by atoms with Crippen LogP contribution in [-0.4, -0.2) is 65.0 Å². The minimum absolute atomic E-state index is 0.0628. The number of ketones is 1. The molecule has 2 saturated heterocycles. The normalized spacial score (nSPS) is 40.5. The fourth-order valence-corrected chi connectivity index (χ4v) is 7.82. The van der Waals surface area contributed by atoms with E-state index in [-0.39, 0.29) is 18.8 Å². The molecule has 2 aliphatic carbocycles. The van der Waals surface area contributed by atoms with Crippen LogP contribution in [0.2, 0.25) is 0 Å². The standard InChI is InChI=1S/C30H37NO9/c1-17-9-10-22(39-26(35)20-8-7-13-31-15-20)23-27(4)11-12-30(14-21(34)16-36-30)40-29(27,6)25(38-19(3)33)24(28(17,23)5)37-18(2)32/h7-9,13,15,22-25H,10-12,14,16H2,1-6H3/t22?,23?,24?,25?,27-,28+,29+,30+/m1/s1. The van der Waals surface area contributed by atoms with Crippen LogP contribution in [0.1, 0.15) is 77.6 Å². The number of fused-ring (bicyclic) bond motifs is 3. The molecule has 0 amide bonds. The van der Waals surface area contributed by atoms with E-state index in [2.05, 4.69) is 4.98 Å². The molecule has 4 unspecified atom stereocenters. The minimum atomic E-state index is -1.28. The number of Topliss-reactive ketones (excluding diaryl/α,β-unsaturated/α-hetero) is 1. The number of ether oxygens (including phenoxy) is 5. The van der Waals surface area contributed by atoms with Crippen LogP contribution in [0.5, 0.6) is 0 Å². The molecule has 10 heteroatoms. The van der Waals surface area contributed by atoms with Crippen LogP contribution in [-0.2, 0) is 38.1 Å². The number of carbonyl (C=O) groups is 4. The summed E-state index contributed by atoms with van der Waals surface area (Å²) >= 11 is 0. The first kappa shape index (κ1) is 28.4. The highest BCUT2D eigenvalue weighted by Gasteiger charge is 2.76. The summed E-state index contributed by atoms with van der Waals surface area (Å²) in [5.74, 6) is -3.29. The molecule has 40 heavy (non-hydrogen) atoms. The number of esters is 3. The SMILES string of the molecule is CC(=O)OC1C(OC(C)=O)[C@]2(C)O[C@@]3(CC[C@]2(C)C2C(OC(=O)c4cccnc4)CC=C(C)[C@]12C)CC(=O)CO3. The van der Waals surface area contributed by atoms with Gasteiger partial charge < -0.3 is 23.7 Å². The van der Waals surface area contributed by atoms with Gasteiger partial charge in [-0.25, -0.2) is 4.79 Å². The van der Waals surface area contributed by atoms with Crippen molar-refractivity contribution < 1.29 is 42.9 Å². The first-order chi connectivity index (χ1) is 18.8. The summed E-state index contributed by atoms with van der Waals surface area (Å²) in [6.07, 6.45) is 3.87. The van der Waals surface area contributed by atoms with E-state index >= 15 is 0 Å². The number of hydrogen-bond donors (Lipinski definition) is 0. The Labute approximate surface area is 233 Å². The number of carbonyl (C=O) groups excluding carboxylic acids is 4. The minimum Gasteiger partial charge on any atom is -0.458 e. The molecule has 3 fully saturated rings. The van der Waals surface area contributed by atoms with Gasteiger partial charge in [0.25, 0.3) is 0 Å². The Balaban J connectivity index is 1.67. The van der Waals surface area contributed by atoms with Gasteiger partial charge in [-0.15, -0.1) is 0 Å². The van der Waals surface area contributed by atoms with Gasteiger partial charge in [0.2, 0.25) is 0 Å². The fourth-order valence-electron chi connectivity index (χ4n) is 7.82. The molecule has 3 heterocycles. The van der Waals surface area contributed by atoms with Gasteiger partial charge in [-0.3, -0.25) is 19.4 Å². The molecule has 8 atom stereocenters. The van der Waals surface area contributed by atoms with Crippen molar-refractivity contribution in [1.82, 2.24) is 4.98 Å². The van der Waals surface area contributed by atoms with Gasteiger partial charge in [-0.05, 0) is 32.4 Å². The van der Waals surface area contributed by atoms with Crippen LogP contribution in [0.25, 0.3) is 0 Å². The van der Waals surface area contributed by atoms with Crippen molar-refractivity contribution in [2.45, 2.75) is 96.9 Å². The summed E-state index contributed by atoms with van der Waals surface area (Å²) in [6.45, 7) is 10.4. The lowest BCUT2D eigenvalue weighted by atomic mass is 9.42. The Kier molecular flexibility index (Phi) is 6.94. The third-order valence-electron chi connectivity index (χ3n) is 9.88. The lowest BCUT2D eigenvalue weighted by Crippen LogP contribution is -2.78. The van der Waals surface area contributed by atoms with E-state index in [4.69, 9.17) is 23.7 Å². The zero-order valence-corrected chi connectivity index (χ0v) is 23.9. The second kappa shape index (κ2) is 9.76. The maximum atomic E-state index is 13.3. The third-order valence-corrected chi connectivity index (χ3v) is 9.88. The fraction of sp³-hybridized carbons (Fsp3) is 0.633. The zero-order chi connectivity index (χ0) is 29.1. The maximum absolute atomic E-state index is 13.3. The van der Waals surface area contributed by atoms with Crippen LogP contribution < -0.4 is 0 Å². The van der Waals surface area contributed by atoms with Crippen LogP contribution in [0.4, 0.5) is 0 Å². The molecule has 0 N–H and O–H groups in total. The molecule has 216 valence electrons. The van der Waals surface area contributed by atoms with E-state index in [1.807, 2.05) is 33.8 Å². The molecule has 1 saturated carbocycles. The predicted octanol–water partition coefficient (Wildman–Crippen LogP) is 3.72. The van der Waals surface area contributed by atoms with Crippen molar-refractivity contribution >= 4 is 23.7 Å². The highest BCUT2D eigenvalue weighted by molar-refractivity contribution is 5.89. The number of pyridine rings is 1. The average Bonchev–Trinajstić information content (AvgIpc) is 3.25. The van der Waals surface area contributed by atoms with Gasteiger partial charge in [0.1, 0.15) is 18.3 Å². The van der Waals surface area contributed by atoms with Gasteiger partial charge in [-0.2, -0.15) is 0 Å². The molecule has 0 aromatic carbocycles. The molecule has 2 aliphatic heterocycles. The van der Waals surface area contributed by atoms with Crippen molar-refractivity contribution in [3.8, 4) is 0 Å². The van der Waals surface area contributed by atoms with Crippen LogP contribution in [0.3, 0.4) is 0 Å². The Morgan fingerprint density at radius 3 is 2.33 bits per heavy atom. The molecular formula is C30H37NO9.